The number of aromatic nitrogens is 1. The molecule has 0 aliphatic rings. The van der Waals surface area contributed by atoms with Gasteiger partial charge in [0.1, 0.15) is 0 Å². The van der Waals surface area contributed by atoms with E-state index in [4.69, 9.17) is 5.73 Å². The Morgan fingerprint density at radius 2 is 1.92 bits per heavy atom. The van der Waals surface area contributed by atoms with Crippen molar-refractivity contribution in [2.75, 3.05) is 11.1 Å². The van der Waals surface area contributed by atoms with Crippen molar-refractivity contribution in [2.24, 2.45) is 0 Å². The number of para-hydroxylation sites is 1. The van der Waals surface area contributed by atoms with Crippen molar-refractivity contribution in [1.82, 2.24) is 4.98 Å². The molecule has 2 aromatic carbocycles. The maximum atomic E-state index is 11.5. The summed E-state index contributed by atoms with van der Waals surface area (Å²) in [6.45, 7) is 2.10. The molecule has 0 atom stereocenters. The number of aldehydes is 1. The van der Waals surface area contributed by atoms with Gasteiger partial charge in [0.25, 0.3) is 0 Å². The van der Waals surface area contributed by atoms with Gasteiger partial charge >= 0.3 is 0 Å². The van der Waals surface area contributed by atoms with Gasteiger partial charge < -0.3 is 11.1 Å². The van der Waals surface area contributed by atoms with Crippen LogP contribution in [0.2, 0.25) is 0 Å². The summed E-state index contributed by atoms with van der Waals surface area (Å²) < 4.78 is 0. The van der Waals surface area contributed by atoms with Crippen LogP contribution in [0.1, 0.15) is 22.8 Å². The second-order valence-corrected chi connectivity index (χ2v) is 5.50. The summed E-state index contributed by atoms with van der Waals surface area (Å²) in [5.74, 6) is 0.601. The fourth-order valence-electron chi connectivity index (χ4n) is 2.64. The quantitative estimate of drug-likeness (QED) is 0.682. The minimum Gasteiger partial charge on any atom is -0.396 e. The van der Waals surface area contributed by atoms with Gasteiger partial charge in [-0.25, -0.2) is 4.98 Å². The molecule has 0 spiro atoms. The molecule has 4 heteroatoms. The third-order valence-corrected chi connectivity index (χ3v) is 3.96. The van der Waals surface area contributed by atoms with E-state index in [-0.39, 0.29) is 0 Å². The molecular weight excluding hydrogens is 298 g/mol. The maximum Gasteiger partial charge on any atom is 0.153 e. The normalized spacial score (nSPS) is 10.4. The van der Waals surface area contributed by atoms with Gasteiger partial charge in [0.05, 0.1) is 5.69 Å². The zero-order valence-corrected chi connectivity index (χ0v) is 13.5. The summed E-state index contributed by atoms with van der Waals surface area (Å²) in [5, 5.41) is 3.28. The molecule has 0 saturated heterocycles. The lowest BCUT2D eigenvalue weighted by atomic mass is 9.95. The molecule has 0 bridgehead atoms. The van der Waals surface area contributed by atoms with E-state index in [0.29, 0.717) is 17.1 Å². The highest BCUT2D eigenvalue weighted by Crippen LogP contribution is 2.33. The van der Waals surface area contributed by atoms with E-state index >= 15 is 0 Å². The minimum atomic E-state index is 0.574. The van der Waals surface area contributed by atoms with Crippen LogP contribution in [0.15, 0.2) is 60.8 Å². The summed E-state index contributed by atoms with van der Waals surface area (Å²) in [6.07, 6.45) is 3.49. The van der Waals surface area contributed by atoms with Gasteiger partial charge in [0.15, 0.2) is 12.1 Å². The Morgan fingerprint density at radius 1 is 1.08 bits per heavy atom. The molecule has 120 valence electrons. The van der Waals surface area contributed by atoms with E-state index < -0.39 is 0 Å². The predicted octanol–water partition coefficient (Wildman–Crippen LogP) is 4.45. The van der Waals surface area contributed by atoms with Crippen molar-refractivity contribution >= 4 is 23.5 Å². The summed E-state index contributed by atoms with van der Waals surface area (Å²) in [4.78, 5) is 15.8. The van der Waals surface area contributed by atoms with Crippen LogP contribution in [0, 0.1) is 0 Å². The highest BCUT2D eigenvalue weighted by Gasteiger charge is 2.11. The average molecular weight is 317 g/mol. The van der Waals surface area contributed by atoms with Crippen molar-refractivity contribution in [3.63, 3.8) is 0 Å². The first kappa shape index (κ1) is 15.7. The number of nitrogens with two attached hydrogens (primary N) is 1. The number of nitrogen functional groups attached to an aromatic ring is 1. The van der Waals surface area contributed by atoms with E-state index in [2.05, 4.69) is 23.3 Å². The van der Waals surface area contributed by atoms with Crippen LogP contribution in [0.25, 0.3) is 11.1 Å². The van der Waals surface area contributed by atoms with Crippen molar-refractivity contribution in [3.05, 3.63) is 71.9 Å². The number of anilines is 3. The standard InChI is InChI=1S/C20H19N3O/c1-2-14-9-10-15(13-24)17(12-14)16-6-3-4-8-19(16)23-20-18(21)7-5-11-22-20/h3-13H,2,21H2,1H3,(H,22,23). The van der Waals surface area contributed by atoms with Gasteiger partial charge in [-0.15, -0.1) is 0 Å². The number of pyridine rings is 1. The molecule has 0 fully saturated rings. The van der Waals surface area contributed by atoms with E-state index in [9.17, 15) is 4.79 Å². The van der Waals surface area contributed by atoms with Crippen LogP contribution in [-0.4, -0.2) is 11.3 Å². The van der Waals surface area contributed by atoms with Crippen molar-refractivity contribution in [1.29, 1.82) is 0 Å². The Morgan fingerprint density at radius 3 is 2.67 bits per heavy atom. The number of carbonyl (C=O) groups excluding carboxylic acids is 1. The molecule has 1 heterocycles. The van der Waals surface area contributed by atoms with Gasteiger partial charge in [-0.2, -0.15) is 0 Å². The number of hydrogen-bond acceptors (Lipinski definition) is 4. The fourth-order valence-corrected chi connectivity index (χ4v) is 2.64. The van der Waals surface area contributed by atoms with Crippen LogP contribution in [-0.2, 0) is 6.42 Å². The SMILES string of the molecule is CCc1ccc(C=O)c(-c2ccccc2Nc2ncccc2N)c1. The predicted molar refractivity (Wildman–Crippen MR) is 98.6 cm³/mol. The summed E-state index contributed by atoms with van der Waals surface area (Å²) in [5.41, 5.74) is 11.1. The molecule has 3 rings (SSSR count). The second-order valence-electron chi connectivity index (χ2n) is 5.50. The number of nitrogens with one attached hydrogen (secondary N) is 1. The van der Waals surface area contributed by atoms with Crippen LogP contribution < -0.4 is 11.1 Å². The van der Waals surface area contributed by atoms with Gasteiger partial charge in [-0.3, -0.25) is 4.79 Å². The Kier molecular flexibility index (Phi) is 4.57. The number of aryl methyl sites for hydroxylation is 1. The second kappa shape index (κ2) is 6.96. The fraction of sp³-hybridized carbons (Fsp3) is 0.100. The zero-order chi connectivity index (χ0) is 16.9. The molecule has 0 amide bonds. The van der Waals surface area contributed by atoms with E-state index in [1.165, 1.54) is 5.56 Å². The number of rotatable bonds is 5. The molecule has 3 aromatic rings. The largest absolute Gasteiger partial charge is 0.396 e. The molecule has 0 radical (unpaired) electrons. The lowest BCUT2D eigenvalue weighted by Gasteiger charge is -2.15. The van der Waals surface area contributed by atoms with Crippen molar-refractivity contribution in [3.8, 4) is 11.1 Å². The van der Waals surface area contributed by atoms with Crippen LogP contribution in [0.5, 0.6) is 0 Å². The molecule has 1 aromatic heterocycles. The number of nitrogens with zero attached hydrogens (tertiary/aromatic N) is 1. The number of carbonyl (C=O) groups is 1. The van der Waals surface area contributed by atoms with E-state index in [1.54, 1.807) is 18.3 Å². The zero-order valence-electron chi connectivity index (χ0n) is 13.5. The van der Waals surface area contributed by atoms with Crippen molar-refractivity contribution < 1.29 is 4.79 Å². The minimum absolute atomic E-state index is 0.574. The first-order valence-electron chi connectivity index (χ1n) is 7.88. The molecule has 0 saturated carbocycles. The summed E-state index contributed by atoms with van der Waals surface area (Å²) >= 11 is 0. The smallest absolute Gasteiger partial charge is 0.153 e. The summed E-state index contributed by atoms with van der Waals surface area (Å²) in [7, 11) is 0. The lowest BCUT2D eigenvalue weighted by Crippen LogP contribution is -2.01. The first-order valence-corrected chi connectivity index (χ1v) is 7.88. The highest BCUT2D eigenvalue weighted by atomic mass is 16.1. The molecule has 0 aliphatic carbocycles. The van der Waals surface area contributed by atoms with Gasteiger partial charge in [0, 0.05) is 23.0 Å². The Labute approximate surface area is 141 Å². The molecule has 4 nitrogen and oxygen atoms in total. The third kappa shape index (κ3) is 3.13. The Balaban J connectivity index is 2.10. The van der Waals surface area contributed by atoms with E-state index in [1.807, 2.05) is 36.4 Å². The first-order chi connectivity index (χ1) is 11.7. The topological polar surface area (TPSA) is 68.0 Å². The molecular formula is C20H19N3O. The monoisotopic (exact) mass is 317 g/mol. The number of benzene rings is 2. The van der Waals surface area contributed by atoms with Crippen LogP contribution >= 0.6 is 0 Å². The molecule has 24 heavy (non-hydrogen) atoms. The van der Waals surface area contributed by atoms with Crippen LogP contribution in [0.3, 0.4) is 0 Å². The lowest BCUT2D eigenvalue weighted by molar-refractivity contribution is 0.112. The Bertz CT molecular complexity index is 874. The van der Waals surface area contributed by atoms with Gasteiger partial charge in [-0.1, -0.05) is 43.3 Å². The average Bonchev–Trinajstić information content (AvgIpc) is 2.63. The summed E-state index contributed by atoms with van der Waals surface area (Å²) in [6, 6.07) is 17.3. The Hall–Kier alpha value is -3.14. The van der Waals surface area contributed by atoms with Crippen LogP contribution in [0.4, 0.5) is 17.2 Å². The molecule has 3 N–H and O–H groups in total. The maximum absolute atomic E-state index is 11.5. The van der Waals surface area contributed by atoms with Gasteiger partial charge in [-0.05, 0) is 35.7 Å². The van der Waals surface area contributed by atoms with Gasteiger partial charge in [0.2, 0.25) is 0 Å². The number of hydrogen-bond donors (Lipinski definition) is 2. The molecule has 0 unspecified atom stereocenters. The van der Waals surface area contributed by atoms with E-state index in [0.717, 1.165) is 29.5 Å². The highest BCUT2D eigenvalue weighted by molar-refractivity contribution is 5.93. The van der Waals surface area contributed by atoms with Crippen molar-refractivity contribution in [2.45, 2.75) is 13.3 Å². The third-order valence-electron chi connectivity index (χ3n) is 3.96. The molecule has 0 aliphatic heterocycles.